The van der Waals surface area contributed by atoms with Crippen LogP contribution in [0.25, 0.3) is 28.0 Å². The minimum Gasteiger partial charge on any atom is -0.510 e. The van der Waals surface area contributed by atoms with Crippen molar-refractivity contribution in [3.63, 3.8) is 0 Å². The molecule has 2 aromatic carbocycles. The Bertz CT molecular complexity index is 1350. The molecule has 0 radical (unpaired) electrons. The van der Waals surface area contributed by atoms with E-state index in [1.807, 2.05) is 34.9 Å². The van der Waals surface area contributed by atoms with Crippen LogP contribution in [0.4, 0.5) is 4.39 Å². The Labute approximate surface area is 199 Å². The van der Waals surface area contributed by atoms with Crippen LogP contribution in [0.15, 0.2) is 59.4 Å². The van der Waals surface area contributed by atoms with Crippen molar-refractivity contribution in [1.82, 2.24) is 24.7 Å². The van der Waals surface area contributed by atoms with Crippen molar-refractivity contribution in [2.24, 2.45) is 0 Å². The van der Waals surface area contributed by atoms with Crippen LogP contribution in [0, 0.1) is 17.1 Å². The van der Waals surface area contributed by atoms with Crippen molar-refractivity contribution < 1.29 is 14.2 Å². The van der Waals surface area contributed by atoms with Crippen LogP contribution in [0.2, 0.25) is 0 Å². The number of hydrogen-bond donors (Lipinski definition) is 2. The number of thioether (sulfide) groups is 1. The molecule has 1 fully saturated rings. The van der Waals surface area contributed by atoms with Crippen molar-refractivity contribution >= 4 is 28.4 Å². The number of ether oxygens (including phenoxy) is 1. The van der Waals surface area contributed by atoms with E-state index >= 15 is 0 Å². The highest BCUT2D eigenvalue weighted by Crippen LogP contribution is 2.29. The molecule has 2 aromatic heterocycles. The molecule has 1 saturated heterocycles. The Morgan fingerprint density at radius 3 is 2.79 bits per heavy atom. The molecule has 1 atom stereocenters. The van der Waals surface area contributed by atoms with Crippen LogP contribution in [0.3, 0.4) is 0 Å². The lowest BCUT2D eigenvalue weighted by molar-refractivity contribution is 0.0953. The van der Waals surface area contributed by atoms with Crippen molar-refractivity contribution in [3.05, 3.63) is 65.9 Å². The fourth-order valence-corrected chi connectivity index (χ4v) is 4.72. The summed E-state index contributed by atoms with van der Waals surface area (Å²) < 4.78 is 21.2. The van der Waals surface area contributed by atoms with E-state index in [1.54, 1.807) is 12.1 Å². The second-order valence-electron chi connectivity index (χ2n) is 7.88. The number of halogens is 1. The van der Waals surface area contributed by atoms with Crippen LogP contribution in [0.1, 0.15) is 18.7 Å². The highest BCUT2D eigenvalue weighted by atomic mass is 32.2. The summed E-state index contributed by atoms with van der Waals surface area (Å²) in [4.78, 5) is 7.49. The zero-order valence-corrected chi connectivity index (χ0v) is 18.9. The van der Waals surface area contributed by atoms with Crippen LogP contribution in [0.5, 0.6) is 0 Å². The smallest absolute Gasteiger partial charge is 0.192 e. The normalized spacial score (nSPS) is 16.5. The van der Waals surface area contributed by atoms with Gasteiger partial charge >= 0.3 is 0 Å². The van der Waals surface area contributed by atoms with Gasteiger partial charge in [-0.3, -0.25) is 4.57 Å². The second-order valence-corrected chi connectivity index (χ2v) is 8.83. The number of nitrogens with zero attached hydrogens (tertiary/aromatic N) is 5. The van der Waals surface area contributed by atoms with Gasteiger partial charge in [-0.1, -0.05) is 23.9 Å². The van der Waals surface area contributed by atoms with Gasteiger partial charge in [0.15, 0.2) is 16.8 Å². The number of imidazole rings is 1. The van der Waals surface area contributed by atoms with E-state index in [0.29, 0.717) is 35.5 Å². The first-order chi connectivity index (χ1) is 16.6. The number of allylic oxidation sites excluding steroid dienone is 1. The Morgan fingerprint density at radius 1 is 1.24 bits per heavy atom. The second kappa shape index (κ2) is 9.67. The molecule has 1 unspecified atom stereocenters. The summed E-state index contributed by atoms with van der Waals surface area (Å²) in [7, 11) is 0. The maximum absolute atomic E-state index is 13.4. The van der Waals surface area contributed by atoms with Gasteiger partial charge in [0.2, 0.25) is 0 Å². The van der Waals surface area contributed by atoms with Gasteiger partial charge in [0.05, 0.1) is 29.4 Å². The molecule has 2 N–H and O–H groups in total. The lowest BCUT2D eigenvalue weighted by Gasteiger charge is -2.14. The topological polar surface area (TPSA) is 113 Å². The van der Waals surface area contributed by atoms with E-state index in [9.17, 15) is 14.8 Å². The molecule has 3 heterocycles. The molecule has 0 bridgehead atoms. The Balaban J connectivity index is 1.42. The molecule has 34 heavy (non-hydrogen) atoms. The Kier molecular flexibility index (Phi) is 6.29. The average molecular weight is 477 g/mol. The third-order valence-electron chi connectivity index (χ3n) is 5.59. The minimum atomic E-state index is -0.326. The van der Waals surface area contributed by atoms with E-state index in [1.165, 1.54) is 23.9 Å². The maximum Gasteiger partial charge on any atom is 0.192 e. The highest BCUT2D eigenvalue weighted by molar-refractivity contribution is 7.99. The summed E-state index contributed by atoms with van der Waals surface area (Å²) in [6.07, 6.45) is 1.96. The molecule has 4 aromatic rings. The number of aromatic amines is 1. The monoisotopic (exact) mass is 476 g/mol. The molecule has 1 aliphatic heterocycles. The number of aromatic nitrogens is 5. The molecule has 5 rings (SSSR count). The number of para-hydroxylation sites is 2. The zero-order valence-electron chi connectivity index (χ0n) is 18.1. The first-order valence-corrected chi connectivity index (χ1v) is 11.8. The summed E-state index contributed by atoms with van der Waals surface area (Å²) in [6, 6.07) is 15.6. The van der Waals surface area contributed by atoms with Gasteiger partial charge in [0.1, 0.15) is 23.2 Å². The average Bonchev–Trinajstić information content (AvgIpc) is 3.59. The van der Waals surface area contributed by atoms with E-state index < -0.39 is 0 Å². The van der Waals surface area contributed by atoms with E-state index in [4.69, 9.17) is 4.74 Å². The Morgan fingerprint density at radius 2 is 2.06 bits per heavy atom. The fourth-order valence-electron chi connectivity index (χ4n) is 3.89. The SMILES string of the molecule is N#C/C(=C(/O)CSc1nnc(-c2ccc(F)cc2)n1CC1CCCO1)c1nc2ccccc2[nH]1. The van der Waals surface area contributed by atoms with E-state index in [0.717, 1.165) is 23.9 Å². The predicted molar refractivity (Wildman–Crippen MR) is 126 cm³/mol. The number of aliphatic hydroxyl groups excluding tert-OH is 1. The predicted octanol–water partition coefficient (Wildman–Crippen LogP) is 4.72. The number of rotatable bonds is 7. The summed E-state index contributed by atoms with van der Waals surface area (Å²) in [5.74, 6) is 0.580. The Hall–Kier alpha value is -3.68. The summed E-state index contributed by atoms with van der Waals surface area (Å²) in [5, 5.41) is 29.6. The molecule has 0 amide bonds. The van der Waals surface area contributed by atoms with Gasteiger partial charge in [-0.2, -0.15) is 5.26 Å². The number of nitriles is 1. The number of fused-ring (bicyclic) bond motifs is 1. The van der Waals surface area contributed by atoms with Crippen molar-refractivity contribution in [1.29, 1.82) is 5.26 Å². The molecule has 10 heteroatoms. The number of nitrogens with one attached hydrogen (secondary N) is 1. The summed E-state index contributed by atoms with van der Waals surface area (Å²) in [6.45, 7) is 1.26. The summed E-state index contributed by atoms with van der Waals surface area (Å²) >= 11 is 1.26. The third kappa shape index (κ3) is 4.53. The maximum atomic E-state index is 13.4. The number of aliphatic hydroxyl groups is 1. The molecular weight excluding hydrogens is 455 g/mol. The molecule has 172 valence electrons. The van der Waals surface area contributed by atoms with Gasteiger partial charge in [-0.15, -0.1) is 10.2 Å². The lowest BCUT2D eigenvalue weighted by atomic mass is 10.2. The van der Waals surface area contributed by atoms with Gasteiger partial charge in [0.25, 0.3) is 0 Å². The zero-order chi connectivity index (χ0) is 23.5. The third-order valence-corrected chi connectivity index (χ3v) is 6.57. The van der Waals surface area contributed by atoms with Crippen molar-refractivity contribution in [3.8, 4) is 17.5 Å². The quantitative estimate of drug-likeness (QED) is 0.225. The summed E-state index contributed by atoms with van der Waals surface area (Å²) in [5.41, 5.74) is 2.31. The first kappa shape index (κ1) is 22.1. The minimum absolute atomic E-state index is 0.0314. The van der Waals surface area contributed by atoms with Crippen LogP contribution in [-0.4, -0.2) is 48.3 Å². The van der Waals surface area contributed by atoms with Crippen molar-refractivity contribution in [2.45, 2.75) is 30.6 Å². The van der Waals surface area contributed by atoms with Crippen LogP contribution < -0.4 is 0 Å². The fraction of sp³-hybridized carbons (Fsp3) is 0.250. The highest BCUT2D eigenvalue weighted by Gasteiger charge is 2.23. The van der Waals surface area contributed by atoms with Crippen LogP contribution >= 0.6 is 11.8 Å². The van der Waals surface area contributed by atoms with Gasteiger partial charge in [-0.25, -0.2) is 9.37 Å². The number of H-pyrrole nitrogens is 1. The molecule has 0 aliphatic carbocycles. The number of hydrogen-bond acceptors (Lipinski definition) is 7. The molecule has 1 aliphatic rings. The molecular formula is C24H21FN6O2S. The largest absolute Gasteiger partial charge is 0.510 e. The first-order valence-electron chi connectivity index (χ1n) is 10.8. The van der Waals surface area contributed by atoms with Crippen molar-refractivity contribution in [2.75, 3.05) is 12.4 Å². The molecule has 0 saturated carbocycles. The van der Waals surface area contributed by atoms with Gasteiger partial charge in [-0.05, 0) is 49.2 Å². The van der Waals surface area contributed by atoms with E-state index in [2.05, 4.69) is 20.2 Å². The lowest BCUT2D eigenvalue weighted by Crippen LogP contribution is -2.16. The molecule has 0 spiro atoms. The van der Waals surface area contributed by atoms with Gasteiger partial charge < -0.3 is 14.8 Å². The standard InChI is InChI=1S/C24H21FN6O2S/c25-16-9-7-15(8-10-16)23-29-30-24(31(23)13-17-4-3-11-33-17)34-14-21(32)18(12-26)22-27-19-5-1-2-6-20(19)28-22/h1-2,5-10,17,32H,3-4,11,13-14H2,(H,27,28)/b21-18-. The van der Waals surface area contributed by atoms with E-state index in [-0.39, 0.29) is 29.0 Å². The molecule has 8 nitrogen and oxygen atoms in total. The number of benzene rings is 2. The van der Waals surface area contributed by atoms with Gasteiger partial charge in [0, 0.05) is 12.2 Å². The van der Waals surface area contributed by atoms with Crippen LogP contribution in [-0.2, 0) is 11.3 Å².